The molecule has 0 spiro atoms. The summed E-state index contributed by atoms with van der Waals surface area (Å²) < 4.78 is 5.59. The number of ether oxygens (including phenoxy) is 1. The monoisotopic (exact) mass is 390 g/mol. The van der Waals surface area contributed by atoms with Crippen molar-refractivity contribution in [1.82, 2.24) is 4.90 Å². The third-order valence-electron chi connectivity index (χ3n) is 3.84. The van der Waals surface area contributed by atoms with Crippen LogP contribution in [0.2, 0.25) is 10.0 Å². The van der Waals surface area contributed by atoms with Gasteiger partial charge < -0.3 is 15.0 Å². The van der Waals surface area contributed by atoms with Crippen LogP contribution in [0.4, 0.5) is 5.69 Å². The molecule has 2 aromatic rings. The van der Waals surface area contributed by atoms with Crippen molar-refractivity contribution in [2.75, 3.05) is 26.0 Å². The van der Waals surface area contributed by atoms with Crippen LogP contribution < -0.4 is 10.1 Å². The molecule has 1 aliphatic heterocycles. The van der Waals surface area contributed by atoms with Crippen LogP contribution >= 0.6 is 23.2 Å². The molecule has 0 aromatic heterocycles. The summed E-state index contributed by atoms with van der Waals surface area (Å²) in [6.07, 6.45) is 1.74. The topological polar surface area (TPSA) is 58.6 Å². The maximum Gasteiger partial charge on any atom is 0.255 e. The first-order valence-corrected chi connectivity index (χ1v) is 8.56. The predicted molar refractivity (Wildman–Crippen MR) is 103 cm³/mol. The van der Waals surface area contributed by atoms with Gasteiger partial charge in [-0.05, 0) is 42.5 Å². The Morgan fingerprint density at radius 2 is 1.88 bits per heavy atom. The average Bonchev–Trinajstić information content (AvgIpc) is 2.61. The Hall–Kier alpha value is -2.50. The van der Waals surface area contributed by atoms with E-state index in [2.05, 4.69) is 5.32 Å². The molecule has 0 bridgehead atoms. The Morgan fingerprint density at radius 3 is 2.62 bits per heavy atom. The van der Waals surface area contributed by atoms with E-state index in [1.54, 1.807) is 56.6 Å². The molecule has 5 nitrogen and oxygen atoms in total. The standard InChI is InChI=1S/C19H16Cl2N2O3/c1-23(2)19(25)15-9-14(4-5-16(15)21)22-18(24)12-7-11-8-13(20)3-6-17(11)26-10-12/h3-9H,10H2,1-2H3,(H,22,24). The van der Waals surface area contributed by atoms with Crippen molar-refractivity contribution >= 4 is 46.8 Å². The highest BCUT2D eigenvalue weighted by Gasteiger charge is 2.19. The maximum atomic E-state index is 12.5. The van der Waals surface area contributed by atoms with Crippen LogP contribution in [0.1, 0.15) is 15.9 Å². The second-order valence-electron chi connectivity index (χ2n) is 5.99. The van der Waals surface area contributed by atoms with Crippen LogP contribution in [0.3, 0.4) is 0 Å². The number of nitrogens with one attached hydrogen (secondary N) is 1. The number of hydrogen-bond acceptors (Lipinski definition) is 3. The van der Waals surface area contributed by atoms with Gasteiger partial charge in [0.1, 0.15) is 12.4 Å². The molecule has 3 rings (SSSR count). The zero-order valence-corrected chi connectivity index (χ0v) is 15.7. The van der Waals surface area contributed by atoms with E-state index in [1.165, 1.54) is 4.90 Å². The van der Waals surface area contributed by atoms with Gasteiger partial charge in [-0.1, -0.05) is 23.2 Å². The fourth-order valence-corrected chi connectivity index (χ4v) is 2.88. The Balaban J connectivity index is 1.83. The zero-order chi connectivity index (χ0) is 18.8. The number of fused-ring (bicyclic) bond motifs is 1. The lowest BCUT2D eigenvalue weighted by Gasteiger charge is -2.18. The molecule has 0 aliphatic carbocycles. The maximum absolute atomic E-state index is 12.5. The van der Waals surface area contributed by atoms with E-state index in [0.717, 1.165) is 5.56 Å². The van der Waals surface area contributed by atoms with Crippen molar-refractivity contribution < 1.29 is 14.3 Å². The molecule has 0 atom stereocenters. The van der Waals surface area contributed by atoms with Crippen LogP contribution in [0, 0.1) is 0 Å². The second-order valence-corrected chi connectivity index (χ2v) is 6.83. The van der Waals surface area contributed by atoms with E-state index in [4.69, 9.17) is 27.9 Å². The number of hydrogen-bond donors (Lipinski definition) is 1. The summed E-state index contributed by atoms with van der Waals surface area (Å²) in [5.41, 5.74) is 1.99. The molecule has 1 aliphatic rings. The third kappa shape index (κ3) is 3.84. The summed E-state index contributed by atoms with van der Waals surface area (Å²) >= 11 is 12.1. The number of carbonyl (C=O) groups excluding carboxylic acids is 2. The van der Waals surface area contributed by atoms with E-state index in [1.807, 2.05) is 0 Å². The van der Waals surface area contributed by atoms with Gasteiger partial charge in [0.2, 0.25) is 0 Å². The molecule has 2 aromatic carbocycles. The number of carbonyl (C=O) groups is 2. The SMILES string of the molecule is CN(C)C(=O)c1cc(NC(=O)C2=Cc3cc(Cl)ccc3OC2)ccc1Cl. The van der Waals surface area contributed by atoms with Gasteiger partial charge in [0.05, 0.1) is 16.2 Å². The quantitative estimate of drug-likeness (QED) is 0.857. The molecule has 0 saturated heterocycles. The van der Waals surface area contributed by atoms with Gasteiger partial charge in [-0.25, -0.2) is 0 Å². The molecule has 0 saturated carbocycles. The smallest absolute Gasteiger partial charge is 0.255 e. The summed E-state index contributed by atoms with van der Waals surface area (Å²) in [4.78, 5) is 26.1. The molecule has 2 amide bonds. The van der Waals surface area contributed by atoms with Gasteiger partial charge in [0.25, 0.3) is 11.8 Å². The van der Waals surface area contributed by atoms with Crippen LogP contribution in [0.15, 0.2) is 42.0 Å². The van der Waals surface area contributed by atoms with Gasteiger partial charge in [-0.3, -0.25) is 9.59 Å². The Kier molecular flexibility index (Phi) is 5.20. The first-order chi connectivity index (χ1) is 12.3. The highest BCUT2D eigenvalue weighted by Crippen LogP contribution is 2.29. The molecule has 0 unspecified atom stereocenters. The normalized spacial score (nSPS) is 12.5. The highest BCUT2D eigenvalue weighted by molar-refractivity contribution is 6.34. The van der Waals surface area contributed by atoms with Gasteiger partial charge in [0.15, 0.2) is 0 Å². The zero-order valence-electron chi connectivity index (χ0n) is 14.2. The van der Waals surface area contributed by atoms with Crippen LogP contribution in [0.25, 0.3) is 6.08 Å². The fourth-order valence-electron chi connectivity index (χ4n) is 2.50. The minimum absolute atomic E-state index is 0.150. The summed E-state index contributed by atoms with van der Waals surface area (Å²) in [6, 6.07) is 10.0. The number of rotatable bonds is 3. The van der Waals surface area contributed by atoms with Gasteiger partial charge in [-0.15, -0.1) is 0 Å². The molecule has 0 fully saturated rings. The Morgan fingerprint density at radius 1 is 1.12 bits per heavy atom. The molecular formula is C19H16Cl2N2O3. The lowest BCUT2D eigenvalue weighted by molar-refractivity contribution is -0.113. The van der Waals surface area contributed by atoms with E-state index >= 15 is 0 Å². The minimum atomic E-state index is -0.318. The summed E-state index contributed by atoms with van der Waals surface area (Å²) in [5, 5.41) is 3.66. The predicted octanol–water partition coefficient (Wildman–Crippen LogP) is 4.11. The number of amides is 2. The largest absolute Gasteiger partial charge is 0.488 e. The number of halogens is 2. The van der Waals surface area contributed by atoms with Crippen LogP contribution in [0.5, 0.6) is 5.75 Å². The van der Waals surface area contributed by atoms with Crippen molar-refractivity contribution in [1.29, 1.82) is 0 Å². The first kappa shape index (κ1) is 18.3. The molecule has 26 heavy (non-hydrogen) atoms. The van der Waals surface area contributed by atoms with Gasteiger partial charge >= 0.3 is 0 Å². The van der Waals surface area contributed by atoms with Gasteiger partial charge in [0, 0.05) is 30.4 Å². The lowest BCUT2D eigenvalue weighted by atomic mass is 10.1. The Bertz CT molecular complexity index is 923. The fraction of sp³-hybridized carbons (Fsp3) is 0.158. The second kappa shape index (κ2) is 7.40. The molecule has 1 N–H and O–H groups in total. The average molecular weight is 391 g/mol. The van der Waals surface area contributed by atoms with Crippen LogP contribution in [-0.2, 0) is 4.79 Å². The van der Waals surface area contributed by atoms with E-state index < -0.39 is 0 Å². The number of nitrogens with zero attached hydrogens (tertiary/aromatic N) is 1. The minimum Gasteiger partial charge on any atom is -0.488 e. The van der Waals surface area contributed by atoms with Crippen molar-refractivity contribution in [2.45, 2.75) is 0 Å². The molecule has 0 radical (unpaired) electrons. The molecule has 134 valence electrons. The van der Waals surface area contributed by atoms with Gasteiger partial charge in [-0.2, -0.15) is 0 Å². The van der Waals surface area contributed by atoms with E-state index in [0.29, 0.717) is 32.6 Å². The lowest BCUT2D eigenvalue weighted by Crippen LogP contribution is -2.23. The third-order valence-corrected chi connectivity index (χ3v) is 4.40. The highest BCUT2D eigenvalue weighted by atomic mass is 35.5. The van der Waals surface area contributed by atoms with Crippen LogP contribution in [-0.4, -0.2) is 37.4 Å². The number of anilines is 1. The Labute approximate surface area is 161 Å². The van der Waals surface area contributed by atoms with Crippen molar-refractivity contribution in [2.24, 2.45) is 0 Å². The summed E-state index contributed by atoms with van der Waals surface area (Å²) in [7, 11) is 3.27. The van der Waals surface area contributed by atoms with E-state index in [9.17, 15) is 9.59 Å². The van der Waals surface area contributed by atoms with Crippen molar-refractivity contribution in [3.63, 3.8) is 0 Å². The summed E-state index contributed by atoms with van der Waals surface area (Å²) in [6.45, 7) is 0.150. The van der Waals surface area contributed by atoms with Crippen molar-refractivity contribution in [3.8, 4) is 5.75 Å². The van der Waals surface area contributed by atoms with Crippen molar-refractivity contribution in [3.05, 3.63) is 63.1 Å². The molecule has 7 heteroatoms. The first-order valence-electron chi connectivity index (χ1n) is 7.80. The molecule has 1 heterocycles. The number of benzene rings is 2. The molecular weight excluding hydrogens is 375 g/mol. The van der Waals surface area contributed by atoms with E-state index in [-0.39, 0.29) is 18.4 Å². The summed E-state index contributed by atoms with van der Waals surface area (Å²) in [5.74, 6) is 0.118.